The highest BCUT2D eigenvalue weighted by molar-refractivity contribution is 6.30. The van der Waals surface area contributed by atoms with Gasteiger partial charge >= 0.3 is 0 Å². The predicted molar refractivity (Wildman–Crippen MR) is 130 cm³/mol. The van der Waals surface area contributed by atoms with E-state index < -0.39 is 0 Å². The predicted octanol–water partition coefficient (Wildman–Crippen LogP) is 5.71. The minimum atomic E-state index is -0.171. The molecule has 1 aliphatic carbocycles. The molecule has 3 aromatic rings. The summed E-state index contributed by atoms with van der Waals surface area (Å²) in [5.74, 6) is -0.312. The van der Waals surface area contributed by atoms with E-state index in [1.807, 2.05) is 37.3 Å². The highest BCUT2D eigenvalue weighted by atomic mass is 16.1. The Labute approximate surface area is 191 Å². The summed E-state index contributed by atoms with van der Waals surface area (Å²) in [6.45, 7) is 3.46. The maximum absolute atomic E-state index is 13.4. The summed E-state index contributed by atoms with van der Waals surface area (Å²) in [4.78, 5) is 42.4. The van der Waals surface area contributed by atoms with E-state index in [9.17, 15) is 14.4 Å². The third kappa shape index (κ3) is 3.72. The summed E-state index contributed by atoms with van der Waals surface area (Å²) in [5, 5.41) is 3.54. The Morgan fingerprint density at radius 1 is 0.939 bits per heavy atom. The molecule has 1 heterocycles. The number of nitrogens with one attached hydrogen (secondary N) is 1. The van der Waals surface area contributed by atoms with Crippen molar-refractivity contribution in [3.8, 4) is 0 Å². The van der Waals surface area contributed by atoms with Gasteiger partial charge in [-0.15, -0.1) is 0 Å². The molecule has 0 spiro atoms. The van der Waals surface area contributed by atoms with Gasteiger partial charge in [0.1, 0.15) is 0 Å². The molecule has 5 heteroatoms. The number of nitrogens with zero attached hydrogens (tertiary/aromatic N) is 1. The van der Waals surface area contributed by atoms with Crippen LogP contribution < -0.4 is 5.32 Å². The van der Waals surface area contributed by atoms with Gasteiger partial charge in [0, 0.05) is 28.8 Å². The van der Waals surface area contributed by atoms with Gasteiger partial charge in [0.05, 0.1) is 23.0 Å². The van der Waals surface area contributed by atoms with E-state index in [0.29, 0.717) is 34.4 Å². The van der Waals surface area contributed by atoms with Crippen LogP contribution in [-0.2, 0) is 4.79 Å². The third-order valence-electron chi connectivity index (χ3n) is 6.05. The fraction of sp³-hybridized carbons (Fsp3) is 0.143. The van der Waals surface area contributed by atoms with Crippen LogP contribution in [0.5, 0.6) is 0 Å². The van der Waals surface area contributed by atoms with Gasteiger partial charge in [-0.3, -0.25) is 19.4 Å². The van der Waals surface area contributed by atoms with Crippen molar-refractivity contribution >= 4 is 40.5 Å². The van der Waals surface area contributed by atoms with Gasteiger partial charge in [0.2, 0.25) is 0 Å². The van der Waals surface area contributed by atoms with Gasteiger partial charge in [-0.2, -0.15) is 0 Å². The smallest absolute Gasteiger partial charge is 0.196 e. The van der Waals surface area contributed by atoms with E-state index >= 15 is 0 Å². The molecule has 0 radical (unpaired) electrons. The Morgan fingerprint density at radius 2 is 1.64 bits per heavy atom. The molecule has 0 bridgehead atoms. The number of carbonyl (C=O) groups is 3. The summed E-state index contributed by atoms with van der Waals surface area (Å²) in [6.07, 6.45) is 4.00. The molecule has 1 N–H and O–H groups in total. The Morgan fingerprint density at radius 3 is 2.33 bits per heavy atom. The maximum atomic E-state index is 13.4. The number of aliphatic imine (C=N–C) groups is 1. The largest absolute Gasteiger partial charge is 0.376 e. The average Bonchev–Trinajstić information content (AvgIpc) is 2.99. The third-order valence-corrected chi connectivity index (χ3v) is 6.05. The van der Waals surface area contributed by atoms with Crippen LogP contribution >= 0.6 is 0 Å². The zero-order chi connectivity index (χ0) is 23.1. The number of allylic oxidation sites excluding steroid dienone is 1. The Kier molecular flexibility index (Phi) is 5.09. The van der Waals surface area contributed by atoms with Crippen molar-refractivity contribution in [1.82, 2.24) is 0 Å². The van der Waals surface area contributed by atoms with E-state index in [2.05, 4.69) is 5.32 Å². The molecule has 0 saturated carbocycles. The van der Waals surface area contributed by atoms with Gasteiger partial charge in [-0.1, -0.05) is 54.6 Å². The fourth-order valence-electron chi connectivity index (χ4n) is 4.43. The molecule has 5 rings (SSSR count). The first kappa shape index (κ1) is 20.8. The van der Waals surface area contributed by atoms with Crippen molar-refractivity contribution in [3.63, 3.8) is 0 Å². The second-order valence-electron chi connectivity index (χ2n) is 8.45. The van der Waals surface area contributed by atoms with Crippen LogP contribution in [0.2, 0.25) is 0 Å². The summed E-state index contributed by atoms with van der Waals surface area (Å²) in [5.41, 5.74) is 5.79. The molecule has 0 fully saturated rings. The van der Waals surface area contributed by atoms with Crippen molar-refractivity contribution < 1.29 is 14.4 Å². The minimum absolute atomic E-state index is 0.00642. The molecule has 0 amide bonds. The van der Waals surface area contributed by atoms with E-state index in [0.717, 1.165) is 22.5 Å². The maximum Gasteiger partial charge on any atom is 0.196 e. The first-order chi connectivity index (χ1) is 15.9. The van der Waals surface area contributed by atoms with Gasteiger partial charge in [0.15, 0.2) is 17.3 Å². The van der Waals surface area contributed by atoms with E-state index in [4.69, 9.17) is 4.99 Å². The SMILES string of the molecule is CC(=O)/C=C/c1ccc(C2CC(C)=Nc3c(ccc4c3C(=O)c3ccccc3C4=O)N2)cc1. The molecule has 1 aliphatic heterocycles. The van der Waals surface area contributed by atoms with Crippen LogP contribution in [0.4, 0.5) is 11.4 Å². The molecule has 1 atom stereocenters. The minimum Gasteiger partial charge on any atom is -0.376 e. The molecule has 0 aromatic heterocycles. The van der Waals surface area contributed by atoms with Crippen LogP contribution in [0, 0.1) is 0 Å². The number of carbonyl (C=O) groups excluding carboxylic acids is 3. The lowest BCUT2D eigenvalue weighted by molar-refractivity contribution is -0.112. The molecule has 33 heavy (non-hydrogen) atoms. The summed E-state index contributed by atoms with van der Waals surface area (Å²) in [7, 11) is 0. The number of ketones is 3. The number of anilines is 1. The van der Waals surface area contributed by atoms with Crippen LogP contribution in [0.25, 0.3) is 6.08 Å². The summed E-state index contributed by atoms with van der Waals surface area (Å²) < 4.78 is 0. The molecule has 5 nitrogen and oxygen atoms in total. The molecule has 0 saturated heterocycles. The summed E-state index contributed by atoms with van der Waals surface area (Å²) in [6, 6.07) is 18.5. The lowest BCUT2D eigenvalue weighted by Crippen LogP contribution is -2.21. The normalized spacial score (nSPS) is 16.9. The van der Waals surface area contributed by atoms with Crippen LogP contribution in [0.1, 0.15) is 69.3 Å². The van der Waals surface area contributed by atoms with Crippen molar-refractivity contribution in [1.29, 1.82) is 0 Å². The lowest BCUT2D eigenvalue weighted by atomic mass is 9.83. The molecular weight excluding hydrogens is 412 g/mol. The van der Waals surface area contributed by atoms with Crippen molar-refractivity contribution in [3.05, 3.63) is 100 Å². The molecular formula is C28H22N2O3. The number of fused-ring (bicyclic) bond motifs is 4. The van der Waals surface area contributed by atoms with E-state index in [1.165, 1.54) is 6.92 Å². The number of benzene rings is 3. The molecule has 2 aliphatic rings. The molecule has 1 unspecified atom stereocenters. The quantitative estimate of drug-likeness (QED) is 0.419. The van der Waals surface area contributed by atoms with Crippen molar-refractivity contribution in [2.24, 2.45) is 4.99 Å². The molecule has 3 aromatic carbocycles. The number of hydrogen-bond donors (Lipinski definition) is 1. The fourth-order valence-corrected chi connectivity index (χ4v) is 4.43. The topological polar surface area (TPSA) is 75.6 Å². The van der Waals surface area contributed by atoms with Crippen molar-refractivity contribution in [2.45, 2.75) is 26.3 Å². The van der Waals surface area contributed by atoms with Gasteiger partial charge in [-0.05, 0) is 43.2 Å². The Hall–Kier alpha value is -4.12. The number of hydrogen-bond acceptors (Lipinski definition) is 5. The average molecular weight is 434 g/mol. The number of rotatable bonds is 3. The van der Waals surface area contributed by atoms with Crippen LogP contribution in [0.3, 0.4) is 0 Å². The standard InChI is InChI=1S/C28H22N2O3/c1-16-15-24(19-11-9-18(10-12-19)8-7-17(2)31)30-23-14-13-22-25(26(23)29-16)28(33)21-6-4-3-5-20(21)27(22)32/h3-14,24,30H,15H2,1-2H3/b8-7+. The Balaban J connectivity index is 1.53. The second kappa shape index (κ2) is 8.10. The highest BCUT2D eigenvalue weighted by Gasteiger charge is 2.33. The van der Waals surface area contributed by atoms with Gasteiger partial charge in [0.25, 0.3) is 0 Å². The van der Waals surface area contributed by atoms with Crippen molar-refractivity contribution in [2.75, 3.05) is 5.32 Å². The first-order valence-corrected chi connectivity index (χ1v) is 10.9. The van der Waals surface area contributed by atoms with Gasteiger partial charge < -0.3 is 5.32 Å². The van der Waals surface area contributed by atoms with Gasteiger partial charge in [-0.25, -0.2) is 0 Å². The zero-order valence-corrected chi connectivity index (χ0v) is 18.4. The molecule has 162 valence electrons. The van der Waals surface area contributed by atoms with E-state index in [1.54, 1.807) is 42.5 Å². The van der Waals surface area contributed by atoms with Crippen LogP contribution in [-0.4, -0.2) is 23.1 Å². The van der Waals surface area contributed by atoms with Crippen LogP contribution in [0.15, 0.2) is 71.7 Å². The Bertz CT molecular complexity index is 1380. The lowest BCUT2D eigenvalue weighted by Gasteiger charge is -2.22. The second-order valence-corrected chi connectivity index (χ2v) is 8.45. The monoisotopic (exact) mass is 434 g/mol. The summed E-state index contributed by atoms with van der Waals surface area (Å²) >= 11 is 0. The van der Waals surface area contributed by atoms with E-state index in [-0.39, 0.29) is 23.4 Å². The highest BCUT2D eigenvalue weighted by Crippen LogP contribution is 2.42. The zero-order valence-electron chi connectivity index (χ0n) is 18.4. The first-order valence-electron chi connectivity index (χ1n) is 10.9.